The van der Waals surface area contributed by atoms with E-state index in [4.69, 9.17) is 11.6 Å². The van der Waals surface area contributed by atoms with Gasteiger partial charge < -0.3 is 10.1 Å². The molecule has 2 aromatic carbocycles. The molecule has 27 heavy (non-hydrogen) atoms. The summed E-state index contributed by atoms with van der Waals surface area (Å²) in [6.45, 7) is 0. The molecule has 0 spiro atoms. The summed E-state index contributed by atoms with van der Waals surface area (Å²) in [6, 6.07) is 11.2. The topological polar surface area (TPSA) is 117 Å². The number of nitro benzene ring substituents is 1. The summed E-state index contributed by atoms with van der Waals surface area (Å²) in [5.41, 5.74) is 2.36. The summed E-state index contributed by atoms with van der Waals surface area (Å²) in [7, 11) is 0. The Kier molecular flexibility index (Phi) is 4.30. The summed E-state index contributed by atoms with van der Waals surface area (Å²) in [4.78, 5) is 17.4. The van der Waals surface area contributed by atoms with Crippen LogP contribution in [0.5, 0.6) is 5.88 Å². The van der Waals surface area contributed by atoms with Gasteiger partial charge in [0.15, 0.2) is 5.69 Å². The van der Waals surface area contributed by atoms with Crippen LogP contribution in [0.3, 0.4) is 0 Å². The zero-order valence-electron chi connectivity index (χ0n) is 13.5. The standard InChI is InChI=1S/C17H10ClN5O3S/c18-10-3-6-13-12(7-10)15(16(24)19-13)21-22-17-20-14(8-27-17)9-1-4-11(5-2-9)23(25)26/h1-8,19,24H. The number of halogens is 1. The van der Waals surface area contributed by atoms with Crippen molar-refractivity contribution in [2.75, 3.05) is 0 Å². The number of aromatic hydroxyl groups is 1. The number of hydrogen-bond donors (Lipinski definition) is 2. The van der Waals surface area contributed by atoms with Gasteiger partial charge in [0.05, 0.1) is 16.1 Å². The van der Waals surface area contributed by atoms with Crippen LogP contribution < -0.4 is 0 Å². The van der Waals surface area contributed by atoms with Crippen LogP contribution in [0.4, 0.5) is 16.5 Å². The second kappa shape index (κ2) is 6.78. The lowest BCUT2D eigenvalue weighted by atomic mass is 10.1. The molecule has 4 aromatic rings. The fraction of sp³-hybridized carbons (Fsp3) is 0. The number of fused-ring (bicyclic) bond motifs is 1. The predicted molar refractivity (Wildman–Crippen MR) is 103 cm³/mol. The van der Waals surface area contributed by atoms with E-state index in [0.717, 1.165) is 5.56 Å². The van der Waals surface area contributed by atoms with E-state index in [2.05, 4.69) is 20.2 Å². The Bertz CT molecular complexity index is 1180. The van der Waals surface area contributed by atoms with Crippen molar-refractivity contribution in [2.24, 2.45) is 10.2 Å². The Morgan fingerprint density at radius 1 is 1.19 bits per heavy atom. The average molecular weight is 400 g/mol. The molecule has 0 aliphatic heterocycles. The fourth-order valence-corrected chi connectivity index (χ4v) is 3.34. The lowest BCUT2D eigenvalue weighted by Crippen LogP contribution is -1.87. The number of non-ortho nitro benzene ring substituents is 1. The van der Waals surface area contributed by atoms with Gasteiger partial charge in [0, 0.05) is 33.5 Å². The van der Waals surface area contributed by atoms with E-state index < -0.39 is 4.92 Å². The molecule has 2 aromatic heterocycles. The van der Waals surface area contributed by atoms with Gasteiger partial charge >= 0.3 is 0 Å². The number of nitrogens with zero attached hydrogens (tertiary/aromatic N) is 4. The highest BCUT2D eigenvalue weighted by Crippen LogP contribution is 2.38. The molecule has 0 radical (unpaired) electrons. The van der Waals surface area contributed by atoms with E-state index in [1.807, 2.05) is 0 Å². The lowest BCUT2D eigenvalue weighted by Gasteiger charge is -1.95. The third-order valence-corrected chi connectivity index (χ3v) is 4.78. The van der Waals surface area contributed by atoms with Gasteiger partial charge in [0.25, 0.3) is 5.69 Å². The van der Waals surface area contributed by atoms with Crippen LogP contribution in [-0.2, 0) is 0 Å². The van der Waals surface area contributed by atoms with Crippen molar-refractivity contribution in [2.45, 2.75) is 0 Å². The van der Waals surface area contributed by atoms with Gasteiger partial charge in [-0.15, -0.1) is 21.6 Å². The molecule has 2 N–H and O–H groups in total. The first-order chi connectivity index (χ1) is 13.0. The minimum absolute atomic E-state index is 0.0161. The minimum atomic E-state index is -0.454. The third-order valence-electron chi connectivity index (χ3n) is 3.82. The summed E-state index contributed by atoms with van der Waals surface area (Å²) in [6.07, 6.45) is 0. The van der Waals surface area contributed by atoms with Crippen molar-refractivity contribution >= 4 is 50.3 Å². The monoisotopic (exact) mass is 399 g/mol. The van der Waals surface area contributed by atoms with Crippen molar-refractivity contribution < 1.29 is 10.0 Å². The maximum atomic E-state index is 10.7. The first-order valence-electron chi connectivity index (χ1n) is 7.63. The van der Waals surface area contributed by atoms with E-state index in [1.54, 1.807) is 35.7 Å². The Balaban J connectivity index is 1.62. The van der Waals surface area contributed by atoms with Crippen LogP contribution in [0, 0.1) is 10.1 Å². The summed E-state index contributed by atoms with van der Waals surface area (Å²) in [5.74, 6) is -0.108. The molecular weight excluding hydrogens is 390 g/mol. The second-order valence-corrected chi connectivity index (χ2v) is 6.80. The normalized spacial score (nSPS) is 11.4. The predicted octanol–water partition coefficient (Wildman–Crippen LogP) is 5.97. The fourth-order valence-electron chi connectivity index (χ4n) is 2.53. The van der Waals surface area contributed by atoms with Crippen LogP contribution in [-0.4, -0.2) is 20.0 Å². The van der Waals surface area contributed by atoms with E-state index in [1.165, 1.54) is 23.5 Å². The van der Waals surface area contributed by atoms with Gasteiger partial charge in [0.1, 0.15) is 0 Å². The van der Waals surface area contributed by atoms with Crippen molar-refractivity contribution in [3.05, 3.63) is 63.0 Å². The Hall–Kier alpha value is -3.30. The number of nitrogens with one attached hydrogen (secondary N) is 1. The summed E-state index contributed by atoms with van der Waals surface area (Å²) < 4.78 is 0. The van der Waals surface area contributed by atoms with Gasteiger partial charge in [-0.25, -0.2) is 4.98 Å². The van der Waals surface area contributed by atoms with E-state index in [0.29, 0.717) is 26.8 Å². The van der Waals surface area contributed by atoms with Gasteiger partial charge in [-0.3, -0.25) is 10.1 Å². The van der Waals surface area contributed by atoms with Crippen LogP contribution in [0.15, 0.2) is 58.1 Å². The van der Waals surface area contributed by atoms with Crippen LogP contribution >= 0.6 is 22.9 Å². The van der Waals surface area contributed by atoms with Crippen molar-refractivity contribution in [3.63, 3.8) is 0 Å². The number of aromatic nitrogens is 2. The second-order valence-electron chi connectivity index (χ2n) is 5.53. The van der Waals surface area contributed by atoms with E-state index >= 15 is 0 Å². The Labute approximate surface area is 160 Å². The number of H-pyrrole nitrogens is 1. The quantitative estimate of drug-likeness (QED) is 0.249. The molecule has 0 aliphatic rings. The van der Waals surface area contributed by atoms with Crippen molar-refractivity contribution in [3.8, 4) is 17.1 Å². The van der Waals surface area contributed by atoms with Gasteiger partial charge in [-0.2, -0.15) is 0 Å². The van der Waals surface area contributed by atoms with Gasteiger partial charge in [0.2, 0.25) is 11.0 Å². The molecule has 2 heterocycles. The van der Waals surface area contributed by atoms with Gasteiger partial charge in [-0.1, -0.05) is 11.6 Å². The largest absolute Gasteiger partial charge is 0.493 e. The summed E-state index contributed by atoms with van der Waals surface area (Å²) >= 11 is 7.27. The molecule has 0 saturated heterocycles. The van der Waals surface area contributed by atoms with Crippen LogP contribution in [0.1, 0.15) is 0 Å². The van der Waals surface area contributed by atoms with Gasteiger partial charge in [-0.05, 0) is 30.3 Å². The first kappa shape index (κ1) is 17.1. The smallest absolute Gasteiger partial charge is 0.269 e. The number of aromatic amines is 1. The number of nitro groups is 1. The summed E-state index contributed by atoms with van der Waals surface area (Å²) in [5, 5.41) is 32.3. The van der Waals surface area contributed by atoms with E-state index in [-0.39, 0.29) is 17.3 Å². The van der Waals surface area contributed by atoms with Crippen molar-refractivity contribution in [1.29, 1.82) is 0 Å². The molecule has 10 heteroatoms. The molecule has 8 nitrogen and oxygen atoms in total. The van der Waals surface area contributed by atoms with Crippen LogP contribution in [0.2, 0.25) is 5.02 Å². The van der Waals surface area contributed by atoms with E-state index in [9.17, 15) is 15.2 Å². The van der Waals surface area contributed by atoms with Crippen molar-refractivity contribution in [1.82, 2.24) is 9.97 Å². The number of azo groups is 1. The number of rotatable bonds is 4. The average Bonchev–Trinajstić information content (AvgIpc) is 3.24. The van der Waals surface area contributed by atoms with Crippen LogP contribution in [0.25, 0.3) is 22.2 Å². The molecular formula is C17H10ClN5O3S. The molecule has 0 bridgehead atoms. The maximum absolute atomic E-state index is 10.7. The molecule has 0 fully saturated rings. The number of benzene rings is 2. The highest BCUT2D eigenvalue weighted by molar-refractivity contribution is 7.13. The highest BCUT2D eigenvalue weighted by atomic mass is 35.5. The molecule has 0 amide bonds. The third kappa shape index (κ3) is 3.37. The minimum Gasteiger partial charge on any atom is -0.493 e. The highest BCUT2D eigenvalue weighted by Gasteiger charge is 2.12. The maximum Gasteiger partial charge on any atom is 0.269 e. The molecule has 0 unspecified atom stereocenters. The zero-order chi connectivity index (χ0) is 19.0. The Morgan fingerprint density at radius 2 is 1.96 bits per heavy atom. The molecule has 4 rings (SSSR count). The first-order valence-corrected chi connectivity index (χ1v) is 8.89. The molecule has 0 atom stereocenters. The SMILES string of the molecule is O=[N+]([O-])c1ccc(-c2csc(N=Nc3c(O)[nH]c4ccc(Cl)cc34)n2)cc1. The Morgan fingerprint density at radius 3 is 2.70 bits per heavy atom. The number of thiazole rings is 1. The lowest BCUT2D eigenvalue weighted by molar-refractivity contribution is -0.384. The zero-order valence-corrected chi connectivity index (χ0v) is 15.0. The molecule has 0 aliphatic carbocycles. The molecule has 0 saturated carbocycles. The molecule has 134 valence electrons. The number of hydrogen-bond acceptors (Lipinski definition) is 7.